The lowest BCUT2D eigenvalue weighted by molar-refractivity contribution is 0.588. The minimum absolute atomic E-state index is 0.0311. The van der Waals surface area contributed by atoms with Crippen LogP contribution in [-0.2, 0) is 0 Å². The summed E-state index contributed by atoms with van der Waals surface area (Å²) in [6, 6.07) is 8.34. The second-order valence-corrected chi connectivity index (χ2v) is 7.17. The van der Waals surface area contributed by atoms with Gasteiger partial charge in [0, 0.05) is 9.26 Å². The Balaban J connectivity index is 2.03. The van der Waals surface area contributed by atoms with Gasteiger partial charge in [-0.25, -0.2) is 4.98 Å². The monoisotopic (exact) mass is 452 g/mol. The Kier molecular flexibility index (Phi) is 3.92. The first kappa shape index (κ1) is 15.8. The smallest absolute Gasteiger partial charge is 0.224 e. The van der Waals surface area contributed by atoms with Crippen LogP contribution in [0.5, 0.6) is 0 Å². The van der Waals surface area contributed by atoms with Crippen LogP contribution in [0.4, 0.5) is 11.5 Å². The summed E-state index contributed by atoms with van der Waals surface area (Å²) < 4.78 is 3.13. The normalized spacial score (nSPS) is 16.0. The predicted molar refractivity (Wildman–Crippen MR) is 101 cm³/mol. The zero-order valence-electron chi connectivity index (χ0n) is 13.1. The standard InChI is InChI=1S/C16H14ClIN6/c1-3-12-14-22-19-8-23(14)13-9(2)20-16(17)21-15(13)24(12)11-6-4-5-10(18)7-11/h4-8,12H,3H2,1-2H3. The van der Waals surface area contributed by atoms with E-state index in [-0.39, 0.29) is 11.3 Å². The Morgan fingerprint density at radius 3 is 2.88 bits per heavy atom. The molecule has 0 radical (unpaired) electrons. The van der Waals surface area contributed by atoms with Crippen molar-refractivity contribution < 1.29 is 0 Å². The van der Waals surface area contributed by atoms with E-state index in [9.17, 15) is 0 Å². The van der Waals surface area contributed by atoms with E-state index in [0.717, 1.165) is 38.7 Å². The number of aromatic nitrogens is 5. The van der Waals surface area contributed by atoms with Crippen molar-refractivity contribution in [3.8, 4) is 5.69 Å². The molecule has 1 unspecified atom stereocenters. The molecule has 0 amide bonds. The van der Waals surface area contributed by atoms with Crippen LogP contribution in [0.2, 0.25) is 5.28 Å². The van der Waals surface area contributed by atoms with Crippen LogP contribution in [0, 0.1) is 10.5 Å². The van der Waals surface area contributed by atoms with Gasteiger partial charge in [-0.15, -0.1) is 10.2 Å². The van der Waals surface area contributed by atoms with Crippen LogP contribution in [-0.4, -0.2) is 24.7 Å². The van der Waals surface area contributed by atoms with Crippen LogP contribution in [0.15, 0.2) is 30.6 Å². The van der Waals surface area contributed by atoms with Crippen molar-refractivity contribution in [2.75, 3.05) is 4.90 Å². The Bertz CT molecular complexity index is 925. The van der Waals surface area contributed by atoms with Crippen molar-refractivity contribution >= 4 is 45.7 Å². The fourth-order valence-electron chi connectivity index (χ4n) is 3.17. The topological polar surface area (TPSA) is 59.7 Å². The zero-order chi connectivity index (χ0) is 16.8. The van der Waals surface area contributed by atoms with E-state index in [4.69, 9.17) is 11.6 Å². The highest BCUT2D eigenvalue weighted by Gasteiger charge is 2.35. The molecule has 0 spiro atoms. The molecule has 0 bridgehead atoms. The molecular formula is C16H14ClIN6. The van der Waals surface area contributed by atoms with Crippen molar-refractivity contribution in [1.29, 1.82) is 0 Å². The lowest BCUT2D eigenvalue weighted by atomic mass is 10.1. The van der Waals surface area contributed by atoms with Gasteiger partial charge in [0.15, 0.2) is 11.6 Å². The van der Waals surface area contributed by atoms with E-state index in [1.54, 1.807) is 6.33 Å². The number of aryl methyl sites for hydroxylation is 1. The molecule has 1 aliphatic heterocycles. The Hall–Kier alpha value is -1.74. The maximum Gasteiger partial charge on any atom is 0.224 e. The number of nitrogens with zero attached hydrogens (tertiary/aromatic N) is 6. The SMILES string of the molecule is CCC1c2nncn2-c2c(C)nc(Cl)nc2N1c1cccc(I)c1. The highest BCUT2D eigenvalue weighted by molar-refractivity contribution is 14.1. The van der Waals surface area contributed by atoms with E-state index in [0.29, 0.717) is 0 Å². The van der Waals surface area contributed by atoms with Crippen molar-refractivity contribution in [2.45, 2.75) is 26.3 Å². The van der Waals surface area contributed by atoms with E-state index in [1.807, 2.05) is 17.6 Å². The second kappa shape index (κ2) is 5.96. The summed E-state index contributed by atoms with van der Waals surface area (Å²) in [5.74, 6) is 1.67. The molecule has 1 aromatic carbocycles. The molecule has 6 nitrogen and oxygen atoms in total. The number of halogens is 2. The summed E-state index contributed by atoms with van der Waals surface area (Å²) in [6.45, 7) is 4.06. The molecule has 0 fully saturated rings. The quantitative estimate of drug-likeness (QED) is 0.430. The van der Waals surface area contributed by atoms with Gasteiger partial charge in [-0.05, 0) is 65.7 Å². The van der Waals surface area contributed by atoms with Crippen LogP contribution in [0.1, 0.15) is 30.9 Å². The first-order valence-corrected chi connectivity index (χ1v) is 9.05. The Labute approximate surface area is 158 Å². The highest BCUT2D eigenvalue weighted by atomic mass is 127. The largest absolute Gasteiger partial charge is 0.314 e. The number of hydrogen-bond donors (Lipinski definition) is 0. The van der Waals surface area contributed by atoms with E-state index in [1.165, 1.54) is 0 Å². The third kappa shape index (κ3) is 2.37. The fraction of sp³-hybridized carbons (Fsp3) is 0.250. The average Bonchev–Trinajstić information content (AvgIpc) is 3.01. The zero-order valence-corrected chi connectivity index (χ0v) is 16.0. The molecule has 0 N–H and O–H groups in total. The van der Waals surface area contributed by atoms with E-state index < -0.39 is 0 Å². The first-order valence-electron chi connectivity index (χ1n) is 7.59. The van der Waals surface area contributed by atoms with Crippen LogP contribution in [0.25, 0.3) is 5.69 Å². The van der Waals surface area contributed by atoms with Crippen LogP contribution >= 0.6 is 34.2 Å². The van der Waals surface area contributed by atoms with Gasteiger partial charge in [0.05, 0.1) is 11.7 Å². The molecule has 4 rings (SSSR count). The van der Waals surface area contributed by atoms with Gasteiger partial charge in [-0.2, -0.15) is 4.98 Å². The molecule has 3 aromatic rings. The average molecular weight is 453 g/mol. The van der Waals surface area contributed by atoms with E-state index in [2.05, 4.69) is 72.8 Å². The lowest BCUT2D eigenvalue weighted by Gasteiger charge is -2.37. The second-order valence-electron chi connectivity index (χ2n) is 5.58. The Morgan fingerprint density at radius 1 is 1.29 bits per heavy atom. The summed E-state index contributed by atoms with van der Waals surface area (Å²) in [7, 11) is 0. The number of hydrogen-bond acceptors (Lipinski definition) is 5. The Morgan fingerprint density at radius 2 is 2.12 bits per heavy atom. The first-order chi connectivity index (χ1) is 11.6. The molecule has 3 heterocycles. The minimum atomic E-state index is 0.0311. The van der Waals surface area contributed by atoms with Crippen LogP contribution in [0.3, 0.4) is 0 Å². The third-order valence-corrected chi connectivity index (χ3v) is 4.98. The van der Waals surface area contributed by atoms with Gasteiger partial charge < -0.3 is 4.90 Å². The van der Waals surface area contributed by atoms with Gasteiger partial charge in [0.1, 0.15) is 12.0 Å². The van der Waals surface area contributed by atoms with Gasteiger partial charge in [0.2, 0.25) is 5.28 Å². The summed E-state index contributed by atoms with van der Waals surface area (Å²) in [5, 5.41) is 8.70. The minimum Gasteiger partial charge on any atom is -0.314 e. The van der Waals surface area contributed by atoms with Gasteiger partial charge in [0.25, 0.3) is 0 Å². The van der Waals surface area contributed by atoms with Crippen molar-refractivity contribution in [2.24, 2.45) is 0 Å². The van der Waals surface area contributed by atoms with Crippen molar-refractivity contribution in [1.82, 2.24) is 24.7 Å². The molecule has 2 aromatic heterocycles. The summed E-state index contributed by atoms with van der Waals surface area (Å²) in [6.07, 6.45) is 2.58. The molecule has 0 saturated carbocycles. The predicted octanol–water partition coefficient (Wildman–Crippen LogP) is 4.23. The number of rotatable bonds is 2. The highest BCUT2D eigenvalue weighted by Crippen LogP contribution is 2.44. The molecule has 0 saturated heterocycles. The number of anilines is 2. The third-order valence-electron chi connectivity index (χ3n) is 4.14. The van der Waals surface area contributed by atoms with Crippen molar-refractivity contribution in [3.05, 3.63) is 51.0 Å². The fourth-order valence-corrected chi connectivity index (χ4v) is 3.90. The molecule has 1 aliphatic rings. The van der Waals surface area contributed by atoms with Gasteiger partial charge >= 0.3 is 0 Å². The number of benzene rings is 1. The lowest BCUT2D eigenvalue weighted by Crippen LogP contribution is -2.32. The van der Waals surface area contributed by atoms with Crippen LogP contribution < -0.4 is 4.90 Å². The summed E-state index contributed by atoms with van der Waals surface area (Å²) in [4.78, 5) is 11.0. The molecule has 122 valence electrons. The molecule has 24 heavy (non-hydrogen) atoms. The van der Waals surface area contributed by atoms with E-state index >= 15 is 0 Å². The molecular weight excluding hydrogens is 439 g/mol. The maximum atomic E-state index is 6.17. The van der Waals surface area contributed by atoms with Crippen molar-refractivity contribution in [3.63, 3.8) is 0 Å². The van der Waals surface area contributed by atoms with Gasteiger partial charge in [-0.1, -0.05) is 13.0 Å². The molecule has 0 aliphatic carbocycles. The maximum absolute atomic E-state index is 6.17. The summed E-state index contributed by atoms with van der Waals surface area (Å²) in [5.41, 5.74) is 2.73. The number of fused-ring (bicyclic) bond motifs is 3. The molecule has 1 atom stereocenters. The summed E-state index contributed by atoms with van der Waals surface area (Å²) >= 11 is 8.48. The van der Waals surface area contributed by atoms with Gasteiger partial charge in [-0.3, -0.25) is 4.57 Å². The molecule has 8 heteroatoms.